The van der Waals surface area contributed by atoms with Gasteiger partial charge in [0.1, 0.15) is 12.5 Å². The Bertz CT molecular complexity index is 696. The molecule has 2 N–H and O–H groups in total. The van der Waals surface area contributed by atoms with E-state index in [4.69, 9.17) is 5.73 Å². The molecule has 2 aromatic rings. The number of alkyl halides is 1. The molecule has 3 heterocycles. The summed E-state index contributed by atoms with van der Waals surface area (Å²) in [4.78, 5) is 6.78. The molecule has 1 saturated heterocycles. The van der Waals surface area contributed by atoms with E-state index in [0.717, 1.165) is 41.1 Å². The first-order chi connectivity index (χ1) is 10.6. The van der Waals surface area contributed by atoms with Crippen LogP contribution in [0.5, 0.6) is 0 Å². The fourth-order valence-electron chi connectivity index (χ4n) is 3.94. The Morgan fingerprint density at radius 1 is 1.36 bits per heavy atom. The minimum atomic E-state index is -0.734. The van der Waals surface area contributed by atoms with Crippen LogP contribution in [0.1, 0.15) is 25.7 Å². The standard InChI is InChI=1S/C14H18FIN6/c15-9-5-11(17)14(6-9)1-3-21(4-2-14)13-18-7-10(16)12-20-19-8-22(12)13/h7-9,11H,1-6,17H2/t9-,11+/m0/s1. The summed E-state index contributed by atoms with van der Waals surface area (Å²) in [6.45, 7) is 1.70. The van der Waals surface area contributed by atoms with Crippen LogP contribution in [0.4, 0.5) is 10.3 Å². The Hall–Kier alpha value is -1.03. The number of fused-ring (bicyclic) bond motifs is 1. The highest BCUT2D eigenvalue weighted by molar-refractivity contribution is 14.1. The average Bonchev–Trinajstić information content (AvgIpc) is 3.08. The van der Waals surface area contributed by atoms with Crippen LogP contribution in [0.2, 0.25) is 0 Å². The van der Waals surface area contributed by atoms with E-state index in [1.165, 1.54) is 0 Å². The summed E-state index contributed by atoms with van der Waals surface area (Å²) in [5.41, 5.74) is 7.02. The van der Waals surface area contributed by atoms with Gasteiger partial charge in [0.2, 0.25) is 5.95 Å². The van der Waals surface area contributed by atoms with Crippen LogP contribution in [-0.4, -0.2) is 44.9 Å². The first-order valence-corrected chi connectivity index (χ1v) is 8.66. The lowest BCUT2D eigenvalue weighted by atomic mass is 9.74. The first kappa shape index (κ1) is 14.6. The van der Waals surface area contributed by atoms with Crippen molar-refractivity contribution >= 4 is 34.2 Å². The Morgan fingerprint density at radius 3 is 2.82 bits per heavy atom. The number of nitrogens with two attached hydrogens (primary N) is 1. The maximum Gasteiger partial charge on any atom is 0.212 e. The quantitative estimate of drug-likeness (QED) is 0.718. The second-order valence-corrected chi connectivity index (χ2v) is 7.59. The Morgan fingerprint density at radius 2 is 2.14 bits per heavy atom. The van der Waals surface area contributed by atoms with Gasteiger partial charge in [-0.15, -0.1) is 10.2 Å². The third-order valence-electron chi connectivity index (χ3n) is 5.24. The molecule has 4 rings (SSSR count). The molecule has 2 aliphatic rings. The fraction of sp³-hybridized carbons (Fsp3) is 0.643. The maximum atomic E-state index is 13.7. The van der Waals surface area contributed by atoms with E-state index in [1.807, 2.05) is 10.6 Å². The van der Waals surface area contributed by atoms with Crippen LogP contribution in [0.25, 0.3) is 5.65 Å². The molecule has 0 unspecified atom stereocenters. The lowest BCUT2D eigenvalue weighted by molar-refractivity contribution is 0.183. The Balaban J connectivity index is 1.59. The van der Waals surface area contributed by atoms with Crippen LogP contribution in [0.3, 0.4) is 0 Å². The van der Waals surface area contributed by atoms with Crippen LogP contribution >= 0.6 is 22.6 Å². The highest BCUT2D eigenvalue weighted by Gasteiger charge is 2.47. The molecule has 0 bridgehead atoms. The lowest BCUT2D eigenvalue weighted by Gasteiger charge is -2.42. The molecule has 1 spiro atoms. The van der Waals surface area contributed by atoms with Crippen molar-refractivity contribution in [2.75, 3.05) is 18.0 Å². The molecule has 2 fully saturated rings. The Kier molecular flexibility index (Phi) is 3.48. The summed E-state index contributed by atoms with van der Waals surface area (Å²) >= 11 is 2.21. The summed E-state index contributed by atoms with van der Waals surface area (Å²) in [7, 11) is 0. The van der Waals surface area contributed by atoms with Gasteiger partial charge >= 0.3 is 0 Å². The summed E-state index contributed by atoms with van der Waals surface area (Å²) in [6.07, 6.45) is 5.76. The van der Waals surface area contributed by atoms with Gasteiger partial charge in [-0.3, -0.25) is 4.40 Å². The summed E-state index contributed by atoms with van der Waals surface area (Å²) in [6, 6.07) is -0.00994. The minimum absolute atomic E-state index is 0.00994. The van der Waals surface area contributed by atoms with Crippen LogP contribution < -0.4 is 10.6 Å². The number of hydrogen-bond acceptors (Lipinski definition) is 5. The van der Waals surface area contributed by atoms with Crippen molar-refractivity contribution in [3.63, 3.8) is 0 Å². The van der Waals surface area contributed by atoms with E-state index >= 15 is 0 Å². The van der Waals surface area contributed by atoms with E-state index in [1.54, 1.807) is 6.33 Å². The number of nitrogens with zero attached hydrogens (tertiary/aromatic N) is 5. The van der Waals surface area contributed by atoms with Crippen molar-refractivity contribution < 1.29 is 4.39 Å². The first-order valence-electron chi connectivity index (χ1n) is 7.58. The molecule has 0 aromatic carbocycles. The molecule has 6 nitrogen and oxygen atoms in total. The van der Waals surface area contributed by atoms with Crippen molar-refractivity contribution in [2.45, 2.75) is 37.9 Å². The van der Waals surface area contributed by atoms with E-state index in [2.05, 4.69) is 42.7 Å². The van der Waals surface area contributed by atoms with Crippen LogP contribution in [0, 0.1) is 8.99 Å². The number of halogens is 2. The maximum absolute atomic E-state index is 13.7. The second-order valence-electron chi connectivity index (χ2n) is 6.42. The van der Waals surface area contributed by atoms with Crippen molar-refractivity contribution in [1.29, 1.82) is 0 Å². The van der Waals surface area contributed by atoms with Gasteiger partial charge in [0.05, 0.1) is 3.57 Å². The van der Waals surface area contributed by atoms with Gasteiger partial charge in [0, 0.05) is 25.3 Å². The molecule has 1 aliphatic heterocycles. The van der Waals surface area contributed by atoms with Gasteiger partial charge in [0.25, 0.3) is 0 Å². The smallest absolute Gasteiger partial charge is 0.212 e. The molecular weight excluding hydrogens is 398 g/mol. The number of anilines is 1. The van der Waals surface area contributed by atoms with E-state index < -0.39 is 6.17 Å². The average molecular weight is 416 g/mol. The second kappa shape index (κ2) is 5.26. The number of rotatable bonds is 1. The monoisotopic (exact) mass is 416 g/mol. The molecule has 1 saturated carbocycles. The van der Waals surface area contributed by atoms with E-state index in [-0.39, 0.29) is 11.5 Å². The van der Waals surface area contributed by atoms with Crippen LogP contribution in [-0.2, 0) is 0 Å². The van der Waals surface area contributed by atoms with Crippen molar-refractivity contribution in [3.8, 4) is 0 Å². The molecule has 0 radical (unpaired) electrons. The fourth-order valence-corrected chi connectivity index (χ4v) is 4.45. The highest BCUT2D eigenvalue weighted by atomic mass is 127. The van der Waals surface area contributed by atoms with Gasteiger partial charge in [-0.1, -0.05) is 0 Å². The minimum Gasteiger partial charge on any atom is -0.342 e. The summed E-state index contributed by atoms with van der Waals surface area (Å²) in [5.74, 6) is 0.860. The molecule has 22 heavy (non-hydrogen) atoms. The number of hydrogen-bond donors (Lipinski definition) is 1. The number of piperidine rings is 1. The molecule has 0 amide bonds. The zero-order valence-corrected chi connectivity index (χ0v) is 14.3. The molecule has 118 valence electrons. The third kappa shape index (κ3) is 2.18. The van der Waals surface area contributed by atoms with Gasteiger partial charge in [-0.05, 0) is 53.7 Å². The van der Waals surface area contributed by atoms with Gasteiger partial charge in [-0.2, -0.15) is 0 Å². The van der Waals surface area contributed by atoms with Crippen molar-refractivity contribution in [3.05, 3.63) is 16.1 Å². The molecular formula is C14H18FIN6. The molecule has 1 aliphatic carbocycles. The predicted molar refractivity (Wildman–Crippen MR) is 89.5 cm³/mol. The van der Waals surface area contributed by atoms with Gasteiger partial charge in [-0.25, -0.2) is 9.37 Å². The highest BCUT2D eigenvalue weighted by Crippen LogP contribution is 2.47. The normalized spacial score (nSPS) is 27.9. The van der Waals surface area contributed by atoms with Crippen molar-refractivity contribution in [2.24, 2.45) is 11.1 Å². The zero-order valence-electron chi connectivity index (χ0n) is 12.1. The SMILES string of the molecule is N[C@@H]1C[C@H](F)CC12CCN(c1ncc(I)c3nncn13)CC2. The van der Waals surface area contributed by atoms with Gasteiger partial charge in [0.15, 0.2) is 5.65 Å². The summed E-state index contributed by atoms with van der Waals surface area (Å²) in [5, 5.41) is 8.12. The molecule has 8 heteroatoms. The Labute approximate surface area is 141 Å². The summed E-state index contributed by atoms with van der Waals surface area (Å²) < 4.78 is 16.6. The van der Waals surface area contributed by atoms with Crippen molar-refractivity contribution in [1.82, 2.24) is 19.6 Å². The zero-order chi connectivity index (χ0) is 15.3. The molecule has 2 atom stereocenters. The van der Waals surface area contributed by atoms with E-state index in [0.29, 0.717) is 12.8 Å². The molecule has 2 aromatic heterocycles. The van der Waals surface area contributed by atoms with Gasteiger partial charge < -0.3 is 10.6 Å². The largest absolute Gasteiger partial charge is 0.342 e. The van der Waals surface area contributed by atoms with Crippen LogP contribution in [0.15, 0.2) is 12.5 Å². The third-order valence-corrected chi connectivity index (χ3v) is 6.00. The number of aromatic nitrogens is 4. The topological polar surface area (TPSA) is 72.3 Å². The predicted octanol–water partition coefficient (Wildman–Crippen LogP) is 1.77. The lowest BCUT2D eigenvalue weighted by Crippen LogP contribution is -2.47. The van der Waals surface area contributed by atoms with E-state index in [9.17, 15) is 4.39 Å².